The van der Waals surface area contributed by atoms with Gasteiger partial charge in [-0.25, -0.2) is 8.42 Å². The zero-order valence-corrected chi connectivity index (χ0v) is 13.7. The second-order valence-corrected chi connectivity index (χ2v) is 7.88. The molecule has 0 bridgehead atoms. The van der Waals surface area contributed by atoms with Crippen molar-refractivity contribution >= 4 is 15.7 Å². The van der Waals surface area contributed by atoms with Crippen molar-refractivity contribution in [2.75, 3.05) is 30.5 Å². The Kier molecular flexibility index (Phi) is 4.47. The predicted molar refractivity (Wildman–Crippen MR) is 89.3 cm³/mol. The maximum Gasteiger partial charge on any atom is 0.150 e. The van der Waals surface area contributed by atoms with E-state index in [1.165, 1.54) is 0 Å². The highest BCUT2D eigenvalue weighted by atomic mass is 32.2. The second kappa shape index (κ2) is 6.54. The molecule has 0 aliphatic carbocycles. The zero-order chi connectivity index (χ0) is 16.3. The van der Waals surface area contributed by atoms with Gasteiger partial charge in [-0.1, -0.05) is 12.1 Å². The molecule has 2 aromatic rings. The largest absolute Gasteiger partial charge is 0.496 e. The summed E-state index contributed by atoms with van der Waals surface area (Å²) in [5.41, 5.74) is 1.62. The SMILES string of the molecule is COc1ccccc1-c1ccc(NC[C@@H]2CCS(=O)(=O)C2)nn1. The fourth-order valence-corrected chi connectivity index (χ4v) is 4.57. The molecule has 0 spiro atoms. The van der Waals surface area contributed by atoms with Gasteiger partial charge in [0.2, 0.25) is 0 Å². The Bertz CT molecular complexity index is 775. The lowest BCUT2D eigenvalue weighted by atomic mass is 10.1. The summed E-state index contributed by atoms with van der Waals surface area (Å²) in [5.74, 6) is 2.09. The Labute approximate surface area is 135 Å². The third kappa shape index (κ3) is 3.79. The summed E-state index contributed by atoms with van der Waals surface area (Å²) in [4.78, 5) is 0. The number of ether oxygens (including phenoxy) is 1. The lowest BCUT2D eigenvalue weighted by Gasteiger charge is -2.10. The van der Waals surface area contributed by atoms with Crippen LogP contribution in [0.15, 0.2) is 36.4 Å². The van der Waals surface area contributed by atoms with E-state index in [9.17, 15) is 8.42 Å². The fraction of sp³-hybridized carbons (Fsp3) is 0.375. The molecule has 1 aliphatic rings. The van der Waals surface area contributed by atoms with Gasteiger partial charge in [0.15, 0.2) is 9.84 Å². The number of para-hydroxylation sites is 1. The van der Waals surface area contributed by atoms with Gasteiger partial charge in [0.25, 0.3) is 0 Å². The first-order valence-corrected chi connectivity index (χ1v) is 9.31. The summed E-state index contributed by atoms with van der Waals surface area (Å²) >= 11 is 0. The number of hydrogen-bond acceptors (Lipinski definition) is 6. The first kappa shape index (κ1) is 15.7. The van der Waals surface area contributed by atoms with Gasteiger partial charge in [-0.05, 0) is 36.6 Å². The summed E-state index contributed by atoms with van der Waals surface area (Å²) in [6, 6.07) is 11.4. The number of nitrogens with zero attached hydrogens (tertiary/aromatic N) is 2. The standard InChI is InChI=1S/C16H19N3O3S/c1-22-15-5-3-2-4-13(15)14-6-7-16(19-18-14)17-10-12-8-9-23(20,21)11-12/h2-7,12H,8-11H2,1H3,(H,17,19)/t12-/m0/s1. The van der Waals surface area contributed by atoms with E-state index in [0.29, 0.717) is 18.8 Å². The molecule has 3 rings (SSSR count). The fourth-order valence-electron chi connectivity index (χ4n) is 2.71. The highest BCUT2D eigenvalue weighted by Gasteiger charge is 2.27. The van der Waals surface area contributed by atoms with Crippen LogP contribution >= 0.6 is 0 Å². The molecular formula is C16H19N3O3S. The van der Waals surface area contributed by atoms with E-state index in [4.69, 9.17) is 4.74 Å². The predicted octanol–water partition coefficient (Wildman–Crippen LogP) is 2.00. The number of methoxy groups -OCH3 is 1. The Morgan fingerprint density at radius 3 is 2.70 bits per heavy atom. The number of anilines is 1. The van der Waals surface area contributed by atoms with Crippen LogP contribution in [-0.4, -0.2) is 43.8 Å². The topological polar surface area (TPSA) is 81.2 Å². The Morgan fingerprint density at radius 2 is 2.04 bits per heavy atom. The van der Waals surface area contributed by atoms with Crippen molar-refractivity contribution in [1.29, 1.82) is 0 Å². The summed E-state index contributed by atoms with van der Waals surface area (Å²) in [6.45, 7) is 0.599. The number of rotatable bonds is 5. The Hall–Kier alpha value is -2.15. The van der Waals surface area contributed by atoms with Gasteiger partial charge in [0, 0.05) is 12.1 Å². The first-order valence-electron chi connectivity index (χ1n) is 7.49. The number of hydrogen-bond donors (Lipinski definition) is 1. The number of nitrogens with one attached hydrogen (secondary N) is 1. The summed E-state index contributed by atoms with van der Waals surface area (Å²) in [5, 5.41) is 11.5. The van der Waals surface area contributed by atoms with Crippen molar-refractivity contribution in [3.8, 4) is 17.0 Å². The minimum atomic E-state index is -2.84. The van der Waals surface area contributed by atoms with Crippen LogP contribution in [0, 0.1) is 5.92 Å². The summed E-state index contributed by atoms with van der Waals surface area (Å²) < 4.78 is 28.2. The van der Waals surface area contributed by atoms with Crippen LogP contribution in [0.2, 0.25) is 0 Å². The van der Waals surface area contributed by atoms with E-state index < -0.39 is 9.84 Å². The number of aromatic nitrogens is 2. The van der Waals surface area contributed by atoms with Gasteiger partial charge in [0.1, 0.15) is 11.6 Å². The third-order valence-electron chi connectivity index (χ3n) is 3.95. The van der Waals surface area contributed by atoms with Gasteiger partial charge in [-0.3, -0.25) is 0 Å². The maximum atomic E-state index is 11.4. The molecule has 1 fully saturated rings. The van der Waals surface area contributed by atoms with Gasteiger partial charge in [-0.2, -0.15) is 0 Å². The molecule has 1 aliphatic heterocycles. The molecule has 0 radical (unpaired) electrons. The zero-order valence-electron chi connectivity index (χ0n) is 12.9. The van der Waals surface area contributed by atoms with Crippen LogP contribution < -0.4 is 10.1 Å². The highest BCUT2D eigenvalue weighted by molar-refractivity contribution is 7.91. The van der Waals surface area contributed by atoms with Crippen LogP contribution in [0.1, 0.15) is 6.42 Å². The second-order valence-electron chi connectivity index (χ2n) is 5.65. The molecule has 1 atom stereocenters. The molecule has 0 amide bonds. The molecule has 1 aromatic heterocycles. The molecule has 2 heterocycles. The molecule has 0 saturated carbocycles. The van der Waals surface area contributed by atoms with E-state index in [0.717, 1.165) is 17.0 Å². The lowest BCUT2D eigenvalue weighted by Crippen LogP contribution is -2.16. The lowest BCUT2D eigenvalue weighted by molar-refractivity contribution is 0.416. The van der Waals surface area contributed by atoms with Gasteiger partial charge in [-0.15, -0.1) is 10.2 Å². The van der Waals surface area contributed by atoms with E-state index in [1.807, 2.05) is 36.4 Å². The highest BCUT2D eigenvalue weighted by Crippen LogP contribution is 2.27. The number of sulfone groups is 1. The minimum absolute atomic E-state index is 0.149. The average Bonchev–Trinajstić information content (AvgIpc) is 2.92. The van der Waals surface area contributed by atoms with E-state index in [2.05, 4.69) is 15.5 Å². The minimum Gasteiger partial charge on any atom is -0.496 e. The Balaban J connectivity index is 1.66. The summed E-state index contributed by atoms with van der Waals surface area (Å²) in [6.07, 6.45) is 0.710. The smallest absolute Gasteiger partial charge is 0.150 e. The molecule has 7 heteroatoms. The van der Waals surface area contributed by atoms with Crippen molar-refractivity contribution in [3.05, 3.63) is 36.4 Å². The van der Waals surface area contributed by atoms with Crippen molar-refractivity contribution in [2.45, 2.75) is 6.42 Å². The monoisotopic (exact) mass is 333 g/mol. The van der Waals surface area contributed by atoms with Crippen LogP contribution in [0.25, 0.3) is 11.3 Å². The molecule has 6 nitrogen and oxygen atoms in total. The van der Waals surface area contributed by atoms with Crippen molar-refractivity contribution < 1.29 is 13.2 Å². The van der Waals surface area contributed by atoms with Crippen LogP contribution in [0.3, 0.4) is 0 Å². The summed E-state index contributed by atoms with van der Waals surface area (Å²) in [7, 11) is -1.22. The average molecular weight is 333 g/mol. The maximum absolute atomic E-state index is 11.4. The van der Waals surface area contributed by atoms with Crippen LogP contribution in [0.5, 0.6) is 5.75 Å². The van der Waals surface area contributed by atoms with E-state index >= 15 is 0 Å². The molecule has 0 unspecified atom stereocenters. The van der Waals surface area contributed by atoms with Gasteiger partial charge >= 0.3 is 0 Å². The molecule has 23 heavy (non-hydrogen) atoms. The van der Waals surface area contributed by atoms with Crippen LogP contribution in [0.4, 0.5) is 5.82 Å². The third-order valence-corrected chi connectivity index (χ3v) is 5.78. The Morgan fingerprint density at radius 1 is 1.22 bits per heavy atom. The normalized spacial score (nSPS) is 19.4. The quantitative estimate of drug-likeness (QED) is 0.901. The molecule has 1 saturated heterocycles. The van der Waals surface area contributed by atoms with Crippen molar-refractivity contribution in [2.24, 2.45) is 5.92 Å². The first-order chi connectivity index (χ1) is 11.1. The van der Waals surface area contributed by atoms with Crippen molar-refractivity contribution in [1.82, 2.24) is 10.2 Å². The van der Waals surface area contributed by atoms with Crippen molar-refractivity contribution in [3.63, 3.8) is 0 Å². The van der Waals surface area contributed by atoms with Gasteiger partial charge < -0.3 is 10.1 Å². The molecule has 122 valence electrons. The van der Waals surface area contributed by atoms with E-state index in [1.54, 1.807) is 7.11 Å². The number of benzene rings is 1. The van der Waals surface area contributed by atoms with E-state index in [-0.39, 0.29) is 17.4 Å². The van der Waals surface area contributed by atoms with Crippen LogP contribution in [-0.2, 0) is 9.84 Å². The molecular weight excluding hydrogens is 314 g/mol. The molecule has 1 aromatic carbocycles. The molecule has 1 N–H and O–H groups in total. The van der Waals surface area contributed by atoms with Gasteiger partial charge in [0.05, 0.1) is 24.3 Å².